The monoisotopic (exact) mass is 380 g/mol. The molecular formula is C27H40O. The van der Waals surface area contributed by atoms with Gasteiger partial charge in [0, 0.05) is 0 Å². The molecule has 1 fully saturated rings. The summed E-state index contributed by atoms with van der Waals surface area (Å²) >= 11 is 0. The van der Waals surface area contributed by atoms with Crippen molar-refractivity contribution in [3.05, 3.63) is 46.5 Å². The molecule has 0 heterocycles. The lowest BCUT2D eigenvalue weighted by atomic mass is 9.60. The van der Waals surface area contributed by atoms with Gasteiger partial charge in [-0.05, 0) is 102 Å². The lowest BCUT2D eigenvalue weighted by Crippen LogP contribution is -2.35. The first-order valence-corrected chi connectivity index (χ1v) is 11.8. The maximum atomic E-state index is 10.1. The van der Waals surface area contributed by atoms with Gasteiger partial charge in [-0.3, -0.25) is 0 Å². The summed E-state index contributed by atoms with van der Waals surface area (Å²) in [6.07, 6.45) is 13.1. The van der Waals surface area contributed by atoms with Crippen LogP contribution in [-0.4, -0.2) is 11.2 Å². The third-order valence-corrected chi connectivity index (χ3v) is 8.85. The van der Waals surface area contributed by atoms with Crippen LogP contribution >= 0.6 is 0 Å². The zero-order valence-electron chi connectivity index (χ0n) is 18.7. The number of rotatable bonds is 4. The van der Waals surface area contributed by atoms with Crippen LogP contribution in [0, 0.1) is 29.1 Å². The number of benzene rings is 1. The van der Waals surface area contributed by atoms with E-state index in [9.17, 15) is 5.11 Å². The fraction of sp³-hybridized carbons (Fsp3) is 0.704. The highest BCUT2D eigenvalue weighted by Crippen LogP contribution is 2.61. The Hall–Kier alpha value is -1.08. The summed E-state index contributed by atoms with van der Waals surface area (Å²) in [7, 11) is 0. The lowest BCUT2D eigenvalue weighted by Gasteiger charge is -2.44. The molecule has 6 unspecified atom stereocenters. The molecule has 0 aliphatic heterocycles. The minimum atomic E-state index is -0.129. The Balaban J connectivity index is 1.58. The second kappa shape index (κ2) is 7.63. The average Bonchev–Trinajstić information content (AvgIpc) is 3.02. The maximum absolute atomic E-state index is 10.1. The Kier molecular flexibility index (Phi) is 5.51. The third kappa shape index (κ3) is 3.38. The van der Waals surface area contributed by atoms with Gasteiger partial charge in [-0.1, -0.05) is 58.9 Å². The predicted molar refractivity (Wildman–Crippen MR) is 119 cm³/mol. The molecule has 154 valence electrons. The van der Waals surface area contributed by atoms with Crippen LogP contribution in [0.2, 0.25) is 0 Å². The summed E-state index contributed by atoms with van der Waals surface area (Å²) in [5, 5.41) is 10.1. The molecule has 1 saturated carbocycles. The Morgan fingerprint density at radius 3 is 2.54 bits per heavy atom. The first-order valence-electron chi connectivity index (χ1n) is 11.8. The summed E-state index contributed by atoms with van der Waals surface area (Å²) in [6.45, 7) is 12.1. The van der Waals surface area contributed by atoms with Crippen LogP contribution in [0.25, 0.3) is 0 Å². The summed E-state index contributed by atoms with van der Waals surface area (Å²) < 4.78 is 0. The number of allylic oxidation sites excluding steroid dienone is 2. The van der Waals surface area contributed by atoms with E-state index in [1.54, 1.807) is 16.7 Å². The van der Waals surface area contributed by atoms with Crippen molar-refractivity contribution in [3.63, 3.8) is 0 Å². The van der Waals surface area contributed by atoms with E-state index in [-0.39, 0.29) is 6.10 Å². The summed E-state index contributed by atoms with van der Waals surface area (Å²) in [6, 6.07) is 4.79. The molecule has 3 aliphatic carbocycles. The van der Waals surface area contributed by atoms with Crippen LogP contribution in [-0.2, 0) is 19.3 Å². The minimum Gasteiger partial charge on any atom is -0.393 e. The quantitative estimate of drug-likeness (QED) is 0.594. The van der Waals surface area contributed by atoms with Gasteiger partial charge in [0.05, 0.1) is 6.10 Å². The van der Waals surface area contributed by atoms with Crippen LogP contribution in [0.1, 0.15) is 88.5 Å². The van der Waals surface area contributed by atoms with Crippen molar-refractivity contribution in [3.8, 4) is 0 Å². The molecule has 0 amide bonds. The van der Waals surface area contributed by atoms with E-state index in [1.165, 1.54) is 31.2 Å². The van der Waals surface area contributed by atoms with Crippen molar-refractivity contribution in [2.24, 2.45) is 29.1 Å². The van der Waals surface area contributed by atoms with Crippen molar-refractivity contribution in [1.82, 2.24) is 0 Å². The first kappa shape index (κ1) is 20.2. The van der Waals surface area contributed by atoms with Crippen LogP contribution < -0.4 is 0 Å². The molecule has 1 nitrogen and oxygen atoms in total. The second-order valence-electron chi connectivity index (χ2n) is 10.8. The summed E-state index contributed by atoms with van der Waals surface area (Å²) in [5.41, 5.74) is 6.81. The van der Waals surface area contributed by atoms with E-state index in [1.807, 2.05) is 0 Å². The fourth-order valence-electron chi connectivity index (χ4n) is 6.65. The van der Waals surface area contributed by atoms with Crippen LogP contribution in [0.5, 0.6) is 0 Å². The Morgan fingerprint density at radius 2 is 1.79 bits per heavy atom. The molecule has 0 spiro atoms. The van der Waals surface area contributed by atoms with Gasteiger partial charge < -0.3 is 5.11 Å². The highest BCUT2D eigenvalue weighted by atomic mass is 16.3. The molecule has 1 aromatic carbocycles. The molecule has 1 heteroatoms. The Bertz CT molecular complexity index is 745. The number of fused-ring (bicyclic) bond motifs is 5. The van der Waals surface area contributed by atoms with Gasteiger partial charge in [0.1, 0.15) is 0 Å². The van der Waals surface area contributed by atoms with Gasteiger partial charge in [0.15, 0.2) is 0 Å². The molecule has 0 saturated heterocycles. The Labute approximate surface area is 172 Å². The number of aliphatic hydroxyl groups excluding tert-OH is 1. The Morgan fingerprint density at radius 1 is 1.00 bits per heavy atom. The summed E-state index contributed by atoms with van der Waals surface area (Å²) in [4.78, 5) is 0. The van der Waals surface area contributed by atoms with E-state index < -0.39 is 0 Å². The molecule has 4 rings (SSSR count). The van der Waals surface area contributed by atoms with Crippen LogP contribution in [0.4, 0.5) is 0 Å². The average molecular weight is 381 g/mol. The first-order chi connectivity index (χ1) is 13.3. The molecule has 3 aliphatic rings. The van der Waals surface area contributed by atoms with Gasteiger partial charge in [0.25, 0.3) is 0 Å². The van der Waals surface area contributed by atoms with Crippen LogP contribution in [0.3, 0.4) is 0 Å². The standard InChI is InChI=1S/C27H40O/c1-17(2)18(3)6-7-19(4)25-12-13-26-24-10-8-20-16-21(28)9-11-22(20)23(24)14-15-27(25,26)5/h6-8,10,17-19,21,25-26,28H,9,11-16H2,1-5H3. The van der Waals surface area contributed by atoms with Crippen molar-refractivity contribution < 1.29 is 5.11 Å². The molecule has 6 atom stereocenters. The van der Waals surface area contributed by atoms with E-state index in [0.717, 1.165) is 37.0 Å². The second-order valence-corrected chi connectivity index (χ2v) is 10.8. The summed E-state index contributed by atoms with van der Waals surface area (Å²) in [5.74, 6) is 3.60. The highest BCUT2D eigenvalue weighted by Gasteiger charge is 2.50. The van der Waals surface area contributed by atoms with Crippen LogP contribution in [0.15, 0.2) is 24.3 Å². The van der Waals surface area contributed by atoms with E-state index >= 15 is 0 Å². The maximum Gasteiger partial charge on any atom is 0.0583 e. The zero-order valence-corrected chi connectivity index (χ0v) is 18.7. The normalized spacial score (nSPS) is 34.2. The molecule has 1 aromatic rings. The molecular weight excluding hydrogens is 340 g/mol. The van der Waals surface area contributed by atoms with E-state index in [2.05, 4.69) is 58.9 Å². The van der Waals surface area contributed by atoms with Crippen molar-refractivity contribution in [2.75, 3.05) is 0 Å². The largest absolute Gasteiger partial charge is 0.393 e. The van der Waals surface area contributed by atoms with Crippen molar-refractivity contribution >= 4 is 0 Å². The number of aliphatic hydroxyl groups is 1. The van der Waals surface area contributed by atoms with Gasteiger partial charge in [-0.25, -0.2) is 0 Å². The van der Waals surface area contributed by atoms with Gasteiger partial charge in [0.2, 0.25) is 0 Å². The lowest BCUT2D eigenvalue weighted by molar-refractivity contribution is 0.140. The number of hydrogen-bond donors (Lipinski definition) is 1. The number of hydrogen-bond acceptors (Lipinski definition) is 1. The smallest absolute Gasteiger partial charge is 0.0583 e. The van der Waals surface area contributed by atoms with Gasteiger partial charge in [-0.2, -0.15) is 0 Å². The minimum absolute atomic E-state index is 0.129. The highest BCUT2D eigenvalue weighted by molar-refractivity contribution is 5.47. The topological polar surface area (TPSA) is 20.2 Å². The molecule has 0 aromatic heterocycles. The SMILES string of the molecule is CC(C)C(C)C=CC(C)C1CCC2c3ccc4c(c3CCC21C)CCC(O)C4. The molecule has 0 bridgehead atoms. The molecule has 28 heavy (non-hydrogen) atoms. The molecule has 1 N–H and O–H groups in total. The van der Waals surface area contributed by atoms with E-state index in [4.69, 9.17) is 0 Å². The fourth-order valence-corrected chi connectivity index (χ4v) is 6.65. The predicted octanol–water partition coefficient (Wildman–Crippen LogP) is 6.47. The third-order valence-electron chi connectivity index (χ3n) is 8.85. The van der Waals surface area contributed by atoms with Crippen molar-refractivity contribution in [1.29, 1.82) is 0 Å². The van der Waals surface area contributed by atoms with Crippen molar-refractivity contribution in [2.45, 2.75) is 91.6 Å². The van der Waals surface area contributed by atoms with E-state index in [0.29, 0.717) is 17.3 Å². The van der Waals surface area contributed by atoms with Gasteiger partial charge in [-0.15, -0.1) is 0 Å². The molecule has 0 radical (unpaired) electrons. The van der Waals surface area contributed by atoms with Gasteiger partial charge >= 0.3 is 0 Å². The zero-order chi connectivity index (χ0) is 20.1.